The molecule has 0 aromatic carbocycles. The van der Waals surface area contributed by atoms with Crippen molar-refractivity contribution in [3.63, 3.8) is 0 Å². The van der Waals surface area contributed by atoms with Crippen LogP contribution in [-0.2, 0) is 14.3 Å². The van der Waals surface area contributed by atoms with Crippen LogP contribution in [0.4, 0.5) is 0 Å². The minimum Gasteiger partial charge on any atom is -0.383 e. The number of amides is 2. The molecule has 1 heterocycles. The molecule has 0 spiro atoms. The second-order valence-electron chi connectivity index (χ2n) is 3.35. The van der Waals surface area contributed by atoms with Gasteiger partial charge in [-0.3, -0.25) is 9.59 Å². The Morgan fingerprint density at radius 1 is 1.71 bits per heavy atom. The molecule has 1 aliphatic rings. The van der Waals surface area contributed by atoms with Crippen molar-refractivity contribution >= 4 is 11.8 Å². The highest BCUT2D eigenvalue weighted by Gasteiger charge is 2.33. The molecule has 1 N–H and O–H groups in total. The van der Waals surface area contributed by atoms with Gasteiger partial charge in [-0.2, -0.15) is 0 Å². The summed E-state index contributed by atoms with van der Waals surface area (Å²) in [7, 11) is 3.18. The smallest absolute Gasteiger partial charge is 0.225 e. The van der Waals surface area contributed by atoms with E-state index in [0.717, 1.165) is 0 Å². The van der Waals surface area contributed by atoms with Crippen molar-refractivity contribution < 1.29 is 14.3 Å². The first-order valence-corrected chi connectivity index (χ1v) is 4.67. The van der Waals surface area contributed by atoms with Gasteiger partial charge in [0.05, 0.1) is 12.5 Å². The molecule has 1 unspecified atom stereocenters. The average Bonchev–Trinajstić information content (AvgIpc) is 2.56. The van der Waals surface area contributed by atoms with Crippen LogP contribution in [-0.4, -0.2) is 50.6 Å². The van der Waals surface area contributed by atoms with Crippen molar-refractivity contribution in [2.45, 2.75) is 6.42 Å². The lowest BCUT2D eigenvalue weighted by atomic mass is 10.1. The standard InChI is InChI=1S/C9H16N2O3/c1-10-9(13)7-5-8(12)11(6-7)3-4-14-2/h7H,3-6H2,1-2H3,(H,10,13). The molecule has 2 amide bonds. The van der Waals surface area contributed by atoms with Gasteiger partial charge in [-0.15, -0.1) is 0 Å². The lowest BCUT2D eigenvalue weighted by molar-refractivity contribution is -0.129. The maximum Gasteiger partial charge on any atom is 0.225 e. The van der Waals surface area contributed by atoms with Crippen LogP contribution in [0.3, 0.4) is 0 Å². The first kappa shape index (κ1) is 11.0. The van der Waals surface area contributed by atoms with Gasteiger partial charge in [0.15, 0.2) is 0 Å². The number of carbonyl (C=O) groups is 2. The number of nitrogens with zero attached hydrogens (tertiary/aromatic N) is 1. The summed E-state index contributed by atoms with van der Waals surface area (Å²) in [5.74, 6) is -0.210. The summed E-state index contributed by atoms with van der Waals surface area (Å²) >= 11 is 0. The van der Waals surface area contributed by atoms with E-state index >= 15 is 0 Å². The number of rotatable bonds is 4. The van der Waals surface area contributed by atoms with E-state index in [-0.39, 0.29) is 17.7 Å². The molecule has 0 aromatic heterocycles. The summed E-state index contributed by atoms with van der Waals surface area (Å²) in [4.78, 5) is 24.3. The van der Waals surface area contributed by atoms with Gasteiger partial charge in [0.1, 0.15) is 0 Å². The third-order valence-corrected chi connectivity index (χ3v) is 2.40. The third-order valence-electron chi connectivity index (χ3n) is 2.40. The summed E-state index contributed by atoms with van der Waals surface area (Å²) in [6.45, 7) is 1.61. The zero-order chi connectivity index (χ0) is 10.6. The van der Waals surface area contributed by atoms with Crippen LogP contribution in [0.15, 0.2) is 0 Å². The number of nitrogens with one attached hydrogen (secondary N) is 1. The van der Waals surface area contributed by atoms with Gasteiger partial charge < -0.3 is 15.0 Å². The van der Waals surface area contributed by atoms with Crippen LogP contribution >= 0.6 is 0 Å². The van der Waals surface area contributed by atoms with Gasteiger partial charge in [0.2, 0.25) is 11.8 Å². The molecule has 0 bridgehead atoms. The summed E-state index contributed by atoms with van der Waals surface area (Å²) in [6, 6.07) is 0. The van der Waals surface area contributed by atoms with Crippen LogP contribution in [0.25, 0.3) is 0 Å². The van der Waals surface area contributed by atoms with Gasteiger partial charge >= 0.3 is 0 Å². The minimum absolute atomic E-state index is 0.0376. The Labute approximate surface area is 83.4 Å². The molecule has 1 atom stereocenters. The highest BCUT2D eigenvalue weighted by atomic mass is 16.5. The Hall–Kier alpha value is -1.10. The second-order valence-corrected chi connectivity index (χ2v) is 3.35. The van der Waals surface area contributed by atoms with Gasteiger partial charge in [0, 0.05) is 33.7 Å². The predicted octanol–water partition coefficient (Wildman–Crippen LogP) is -0.773. The molecule has 1 saturated heterocycles. The number of ether oxygens (including phenoxy) is 1. The maximum absolute atomic E-state index is 11.4. The zero-order valence-corrected chi connectivity index (χ0v) is 8.58. The number of likely N-dealkylation sites (tertiary alicyclic amines) is 1. The van der Waals surface area contributed by atoms with Crippen molar-refractivity contribution in [2.24, 2.45) is 5.92 Å². The van der Waals surface area contributed by atoms with E-state index in [0.29, 0.717) is 26.1 Å². The summed E-state index contributed by atoms with van der Waals surface area (Å²) in [5.41, 5.74) is 0. The van der Waals surface area contributed by atoms with Gasteiger partial charge in [0.25, 0.3) is 0 Å². The third kappa shape index (κ3) is 2.45. The molecule has 80 valence electrons. The summed E-state index contributed by atoms with van der Waals surface area (Å²) in [5, 5.41) is 2.56. The predicted molar refractivity (Wildman–Crippen MR) is 50.6 cm³/mol. The molecular weight excluding hydrogens is 184 g/mol. The summed E-state index contributed by atoms with van der Waals surface area (Å²) < 4.78 is 4.88. The van der Waals surface area contributed by atoms with Crippen LogP contribution in [0.5, 0.6) is 0 Å². The Kier molecular flexibility index (Phi) is 3.88. The minimum atomic E-state index is -0.190. The van der Waals surface area contributed by atoms with Crippen LogP contribution in [0, 0.1) is 5.92 Å². The quantitative estimate of drug-likeness (QED) is 0.648. The van der Waals surface area contributed by atoms with Crippen LogP contribution in [0.2, 0.25) is 0 Å². The van der Waals surface area contributed by atoms with Crippen LogP contribution < -0.4 is 5.32 Å². The van der Waals surface area contributed by atoms with Gasteiger partial charge in [-0.25, -0.2) is 0 Å². The van der Waals surface area contributed by atoms with Crippen molar-refractivity contribution in [3.05, 3.63) is 0 Å². The Morgan fingerprint density at radius 3 is 3.00 bits per heavy atom. The van der Waals surface area contributed by atoms with E-state index in [4.69, 9.17) is 4.74 Å². The van der Waals surface area contributed by atoms with E-state index in [2.05, 4.69) is 5.32 Å². The fraction of sp³-hybridized carbons (Fsp3) is 0.778. The lowest BCUT2D eigenvalue weighted by Crippen LogP contribution is -2.32. The Balaban J connectivity index is 2.43. The number of carbonyl (C=O) groups excluding carboxylic acids is 2. The molecule has 1 rings (SSSR count). The number of methoxy groups -OCH3 is 1. The fourth-order valence-electron chi connectivity index (χ4n) is 1.57. The van der Waals surface area contributed by atoms with Crippen LogP contribution in [0.1, 0.15) is 6.42 Å². The summed E-state index contributed by atoms with van der Waals surface area (Å²) in [6.07, 6.45) is 0.323. The second kappa shape index (κ2) is 4.95. The zero-order valence-electron chi connectivity index (χ0n) is 8.58. The molecule has 5 nitrogen and oxygen atoms in total. The van der Waals surface area contributed by atoms with Gasteiger partial charge in [-0.1, -0.05) is 0 Å². The van der Waals surface area contributed by atoms with E-state index in [1.807, 2.05) is 0 Å². The SMILES string of the molecule is CNC(=O)C1CC(=O)N(CCOC)C1. The largest absolute Gasteiger partial charge is 0.383 e. The highest BCUT2D eigenvalue weighted by molar-refractivity contribution is 5.89. The monoisotopic (exact) mass is 200 g/mol. The maximum atomic E-state index is 11.4. The molecule has 1 fully saturated rings. The highest BCUT2D eigenvalue weighted by Crippen LogP contribution is 2.17. The lowest BCUT2D eigenvalue weighted by Gasteiger charge is -2.15. The molecule has 0 radical (unpaired) electrons. The van der Waals surface area contributed by atoms with E-state index in [1.54, 1.807) is 19.1 Å². The first-order chi connectivity index (χ1) is 6.69. The molecule has 0 aliphatic carbocycles. The molecule has 5 heteroatoms. The topological polar surface area (TPSA) is 58.6 Å². The van der Waals surface area contributed by atoms with E-state index in [1.165, 1.54) is 0 Å². The number of hydrogen-bond donors (Lipinski definition) is 1. The van der Waals surface area contributed by atoms with Crippen molar-refractivity contribution in [1.82, 2.24) is 10.2 Å². The Morgan fingerprint density at radius 2 is 2.43 bits per heavy atom. The van der Waals surface area contributed by atoms with E-state index in [9.17, 15) is 9.59 Å². The molecular formula is C9H16N2O3. The average molecular weight is 200 g/mol. The molecule has 0 aromatic rings. The van der Waals surface area contributed by atoms with Crippen molar-refractivity contribution in [1.29, 1.82) is 0 Å². The van der Waals surface area contributed by atoms with E-state index < -0.39 is 0 Å². The first-order valence-electron chi connectivity index (χ1n) is 4.67. The molecule has 1 aliphatic heterocycles. The molecule has 14 heavy (non-hydrogen) atoms. The normalized spacial score (nSPS) is 21.4. The number of hydrogen-bond acceptors (Lipinski definition) is 3. The van der Waals surface area contributed by atoms with Crippen molar-refractivity contribution in [2.75, 3.05) is 33.9 Å². The van der Waals surface area contributed by atoms with Crippen molar-refractivity contribution in [3.8, 4) is 0 Å². The fourth-order valence-corrected chi connectivity index (χ4v) is 1.57. The van der Waals surface area contributed by atoms with Gasteiger partial charge in [-0.05, 0) is 0 Å². The Bertz CT molecular complexity index is 230. The molecule has 0 saturated carbocycles.